The molecule has 1 saturated heterocycles. The number of carbonyl (C=O) groups is 2. The Morgan fingerprint density at radius 3 is 2.34 bits per heavy atom. The number of thioether (sulfide) groups is 1. The summed E-state index contributed by atoms with van der Waals surface area (Å²) in [6.45, 7) is 0. The quantitative estimate of drug-likeness (QED) is 0.0802. The Kier molecular flexibility index (Phi) is 7.74. The topological polar surface area (TPSA) is 83.4 Å². The predicted molar refractivity (Wildman–Crippen MR) is 149 cm³/mol. The van der Waals surface area contributed by atoms with Gasteiger partial charge in [-0.1, -0.05) is 76.1 Å². The number of rotatable bonds is 6. The summed E-state index contributed by atoms with van der Waals surface area (Å²) in [7, 11) is 0. The van der Waals surface area contributed by atoms with E-state index in [0.29, 0.717) is 36.3 Å². The predicted octanol–water partition coefficient (Wildman–Crippen LogP) is 7.56. The standard InChI is InChI=1S/C26H15Cl3FN3O3S2/c27-16-6-1-14(2-7-16)22(34)20-21(13-4-9-18(30)10-5-13)33(24(36)23(20)35)25-31-32-26(38-25)37-12-15-3-8-17(28)11-19(15)29/h1-11,21,34H,12H2/b22-20-. The molecule has 0 spiro atoms. The van der Waals surface area contributed by atoms with Crippen molar-refractivity contribution in [3.63, 3.8) is 0 Å². The minimum Gasteiger partial charge on any atom is -0.507 e. The van der Waals surface area contributed by atoms with Gasteiger partial charge in [0.2, 0.25) is 5.13 Å². The van der Waals surface area contributed by atoms with Gasteiger partial charge in [0.05, 0.1) is 11.6 Å². The highest BCUT2D eigenvalue weighted by atomic mass is 35.5. The summed E-state index contributed by atoms with van der Waals surface area (Å²) in [5.41, 5.74) is 1.40. The van der Waals surface area contributed by atoms with E-state index in [1.54, 1.807) is 24.3 Å². The maximum atomic E-state index is 13.7. The Morgan fingerprint density at radius 1 is 0.974 bits per heavy atom. The van der Waals surface area contributed by atoms with Gasteiger partial charge in [0.25, 0.3) is 5.78 Å². The lowest BCUT2D eigenvalue weighted by Crippen LogP contribution is -2.29. The van der Waals surface area contributed by atoms with Crippen LogP contribution in [-0.2, 0) is 15.3 Å². The molecule has 1 unspecified atom stereocenters. The summed E-state index contributed by atoms with van der Waals surface area (Å²) in [5, 5.41) is 21.1. The number of Topliss-reactive ketones (excluding diaryl/α,β-unsaturated/α-hetero) is 1. The molecule has 3 aromatic carbocycles. The summed E-state index contributed by atoms with van der Waals surface area (Å²) in [5.74, 6) is -2.18. The fraction of sp³-hybridized carbons (Fsp3) is 0.0769. The Labute approximate surface area is 239 Å². The highest BCUT2D eigenvalue weighted by Crippen LogP contribution is 2.44. The van der Waals surface area contributed by atoms with Crippen LogP contribution < -0.4 is 4.90 Å². The molecule has 1 N–H and O–H groups in total. The third-order valence-corrected chi connectivity index (χ3v) is 8.66. The molecular weight excluding hydrogens is 592 g/mol. The molecule has 1 atom stereocenters. The molecule has 1 aliphatic heterocycles. The monoisotopic (exact) mass is 605 g/mol. The number of amides is 1. The van der Waals surface area contributed by atoms with Gasteiger partial charge in [0, 0.05) is 26.4 Å². The van der Waals surface area contributed by atoms with Crippen molar-refractivity contribution in [3.8, 4) is 0 Å². The third kappa shape index (κ3) is 5.30. The largest absolute Gasteiger partial charge is 0.507 e. The molecule has 4 aromatic rings. The summed E-state index contributed by atoms with van der Waals surface area (Å²) in [4.78, 5) is 27.7. The van der Waals surface area contributed by atoms with Crippen LogP contribution in [0.1, 0.15) is 22.7 Å². The zero-order valence-electron chi connectivity index (χ0n) is 19.1. The van der Waals surface area contributed by atoms with Gasteiger partial charge in [-0.2, -0.15) is 0 Å². The number of anilines is 1. The fourth-order valence-corrected chi connectivity index (χ4v) is 6.44. The molecule has 0 aliphatic carbocycles. The summed E-state index contributed by atoms with van der Waals surface area (Å²) < 4.78 is 14.3. The number of hydrogen-bond acceptors (Lipinski definition) is 7. The first kappa shape index (κ1) is 26.6. The van der Waals surface area contributed by atoms with Gasteiger partial charge in [-0.3, -0.25) is 14.5 Å². The average Bonchev–Trinajstić information content (AvgIpc) is 3.46. The van der Waals surface area contributed by atoms with Crippen molar-refractivity contribution in [2.24, 2.45) is 0 Å². The first-order valence-electron chi connectivity index (χ1n) is 11.0. The second-order valence-corrected chi connectivity index (χ2v) is 11.6. The van der Waals surface area contributed by atoms with Crippen molar-refractivity contribution in [2.45, 2.75) is 16.1 Å². The summed E-state index contributed by atoms with van der Waals surface area (Å²) in [6, 6.07) is 15.7. The maximum Gasteiger partial charge on any atom is 0.301 e. The molecular formula is C26H15Cl3FN3O3S2. The Bertz CT molecular complexity index is 1580. The van der Waals surface area contributed by atoms with Crippen molar-refractivity contribution < 1.29 is 19.1 Å². The van der Waals surface area contributed by atoms with Gasteiger partial charge in [-0.05, 0) is 59.7 Å². The van der Waals surface area contributed by atoms with Gasteiger partial charge in [0.1, 0.15) is 11.6 Å². The second-order valence-electron chi connectivity index (χ2n) is 8.10. The minimum atomic E-state index is -1.05. The first-order valence-corrected chi connectivity index (χ1v) is 13.9. The Balaban J connectivity index is 1.52. The molecule has 5 rings (SSSR count). The van der Waals surface area contributed by atoms with Crippen LogP contribution in [0.2, 0.25) is 15.1 Å². The smallest absolute Gasteiger partial charge is 0.301 e. The van der Waals surface area contributed by atoms with Crippen molar-refractivity contribution >= 4 is 80.5 Å². The van der Waals surface area contributed by atoms with Crippen LogP contribution in [0.3, 0.4) is 0 Å². The maximum absolute atomic E-state index is 13.7. The zero-order valence-corrected chi connectivity index (χ0v) is 23.0. The van der Waals surface area contributed by atoms with Crippen molar-refractivity contribution in [1.29, 1.82) is 0 Å². The number of benzene rings is 3. The molecule has 0 bridgehead atoms. The van der Waals surface area contributed by atoms with Gasteiger partial charge in [-0.25, -0.2) is 4.39 Å². The van der Waals surface area contributed by atoms with Crippen LogP contribution in [0, 0.1) is 5.82 Å². The van der Waals surface area contributed by atoms with E-state index in [1.807, 2.05) is 6.07 Å². The van der Waals surface area contributed by atoms with E-state index < -0.39 is 23.5 Å². The summed E-state index contributed by atoms with van der Waals surface area (Å²) in [6.07, 6.45) is 0. The van der Waals surface area contributed by atoms with E-state index in [2.05, 4.69) is 10.2 Å². The van der Waals surface area contributed by atoms with E-state index in [1.165, 1.54) is 53.1 Å². The van der Waals surface area contributed by atoms with Crippen molar-refractivity contribution in [3.05, 3.63) is 110 Å². The van der Waals surface area contributed by atoms with Crippen LogP contribution >= 0.6 is 57.9 Å². The Morgan fingerprint density at radius 2 is 1.66 bits per heavy atom. The van der Waals surface area contributed by atoms with E-state index >= 15 is 0 Å². The molecule has 1 aromatic heterocycles. The molecule has 192 valence electrons. The first-order chi connectivity index (χ1) is 18.2. The molecule has 38 heavy (non-hydrogen) atoms. The lowest BCUT2D eigenvalue weighted by atomic mass is 9.95. The highest BCUT2D eigenvalue weighted by molar-refractivity contribution is 8.00. The number of aliphatic hydroxyl groups is 1. The zero-order chi connectivity index (χ0) is 27.0. The van der Waals surface area contributed by atoms with Gasteiger partial charge >= 0.3 is 5.91 Å². The SMILES string of the molecule is O=C1C(=O)N(c2nnc(SCc3ccc(Cl)cc3Cl)s2)C(c2ccc(F)cc2)/C1=C(/O)c1ccc(Cl)cc1. The second kappa shape index (κ2) is 11.0. The van der Waals surface area contributed by atoms with Crippen molar-refractivity contribution in [1.82, 2.24) is 10.2 Å². The minimum absolute atomic E-state index is 0.152. The molecule has 6 nitrogen and oxygen atoms in total. The number of aliphatic hydroxyl groups excluding tert-OH is 1. The van der Waals surface area contributed by atoms with E-state index in [0.717, 1.165) is 16.9 Å². The molecule has 2 heterocycles. The molecule has 1 aliphatic rings. The van der Waals surface area contributed by atoms with E-state index in [-0.39, 0.29) is 16.5 Å². The lowest BCUT2D eigenvalue weighted by Gasteiger charge is -2.22. The molecule has 1 fully saturated rings. The lowest BCUT2D eigenvalue weighted by molar-refractivity contribution is -0.132. The van der Waals surface area contributed by atoms with Gasteiger partial charge in [0.15, 0.2) is 4.34 Å². The normalized spacial score (nSPS) is 16.8. The molecule has 0 radical (unpaired) electrons. The van der Waals surface area contributed by atoms with Gasteiger partial charge in [-0.15, -0.1) is 10.2 Å². The van der Waals surface area contributed by atoms with Crippen LogP contribution in [-0.4, -0.2) is 27.0 Å². The number of nitrogens with zero attached hydrogens (tertiary/aromatic N) is 3. The van der Waals surface area contributed by atoms with Crippen LogP contribution in [0.4, 0.5) is 9.52 Å². The molecule has 1 amide bonds. The average molecular weight is 607 g/mol. The van der Waals surface area contributed by atoms with Crippen LogP contribution in [0.15, 0.2) is 76.6 Å². The number of halogens is 4. The third-order valence-electron chi connectivity index (χ3n) is 5.72. The van der Waals surface area contributed by atoms with E-state index in [4.69, 9.17) is 34.8 Å². The van der Waals surface area contributed by atoms with E-state index in [9.17, 15) is 19.1 Å². The Hall–Kier alpha value is -2.95. The highest BCUT2D eigenvalue weighted by Gasteiger charge is 2.48. The fourth-order valence-electron chi connectivity index (χ4n) is 3.89. The summed E-state index contributed by atoms with van der Waals surface area (Å²) >= 11 is 20.6. The number of ketones is 1. The number of aromatic nitrogens is 2. The van der Waals surface area contributed by atoms with Gasteiger partial charge < -0.3 is 5.11 Å². The van der Waals surface area contributed by atoms with Crippen LogP contribution in [0.25, 0.3) is 5.76 Å². The molecule has 12 heteroatoms. The van der Waals surface area contributed by atoms with Crippen LogP contribution in [0.5, 0.6) is 0 Å². The number of carbonyl (C=O) groups excluding carboxylic acids is 2. The number of hydrogen-bond donors (Lipinski definition) is 1. The molecule has 0 saturated carbocycles. The van der Waals surface area contributed by atoms with Crippen molar-refractivity contribution in [2.75, 3.05) is 4.90 Å².